The largest absolute Gasteiger partial charge is 0.493 e. The molecule has 0 saturated heterocycles. The Morgan fingerprint density at radius 2 is 1.67 bits per heavy atom. The number of hydrogen-bond donors (Lipinski definition) is 2. The van der Waals surface area contributed by atoms with Gasteiger partial charge in [0.1, 0.15) is 0 Å². The maximum Gasteiger partial charge on any atom is 0.203 e. The predicted molar refractivity (Wildman–Crippen MR) is 71.6 cm³/mol. The van der Waals surface area contributed by atoms with E-state index < -0.39 is 0 Å². The van der Waals surface area contributed by atoms with E-state index in [1.807, 2.05) is 19.1 Å². The number of hydrogen-bond acceptors (Lipinski definition) is 5. The first-order chi connectivity index (χ1) is 8.71. The molecule has 5 heteroatoms. The molecule has 1 rings (SSSR count). The summed E-state index contributed by atoms with van der Waals surface area (Å²) in [6.07, 6.45) is 0. The standard InChI is InChI=1S/C13H22N2O3/c1-5-15-10(8-14)9-6-11(16-2)13(18-4)12(7-9)17-3/h6-7,10,15H,5,8,14H2,1-4H3. The van der Waals surface area contributed by atoms with Crippen molar-refractivity contribution < 1.29 is 14.2 Å². The molecule has 0 aromatic heterocycles. The van der Waals surface area contributed by atoms with Crippen molar-refractivity contribution in [3.8, 4) is 17.2 Å². The summed E-state index contributed by atoms with van der Waals surface area (Å²) in [6.45, 7) is 3.39. The molecule has 0 aliphatic heterocycles. The topological polar surface area (TPSA) is 65.7 Å². The van der Waals surface area contributed by atoms with Crippen LogP contribution in [0, 0.1) is 0 Å². The molecule has 0 fully saturated rings. The lowest BCUT2D eigenvalue weighted by Crippen LogP contribution is -2.28. The quantitative estimate of drug-likeness (QED) is 0.768. The van der Waals surface area contributed by atoms with E-state index in [0.717, 1.165) is 12.1 Å². The molecule has 0 aliphatic carbocycles. The Labute approximate surface area is 108 Å². The molecule has 0 spiro atoms. The van der Waals surface area contributed by atoms with E-state index >= 15 is 0 Å². The average Bonchev–Trinajstić information content (AvgIpc) is 2.42. The van der Waals surface area contributed by atoms with Crippen LogP contribution in [0.25, 0.3) is 0 Å². The molecule has 5 nitrogen and oxygen atoms in total. The third-order valence-electron chi connectivity index (χ3n) is 2.78. The number of likely N-dealkylation sites (N-methyl/N-ethyl adjacent to an activating group) is 1. The summed E-state index contributed by atoms with van der Waals surface area (Å²) >= 11 is 0. The van der Waals surface area contributed by atoms with Crippen LogP contribution in [0.4, 0.5) is 0 Å². The Kier molecular flexibility index (Phi) is 5.74. The number of methoxy groups -OCH3 is 3. The minimum Gasteiger partial charge on any atom is -0.493 e. The van der Waals surface area contributed by atoms with Gasteiger partial charge in [-0.1, -0.05) is 6.92 Å². The molecular weight excluding hydrogens is 232 g/mol. The van der Waals surface area contributed by atoms with Gasteiger partial charge in [-0.05, 0) is 24.2 Å². The van der Waals surface area contributed by atoms with E-state index in [1.54, 1.807) is 21.3 Å². The molecule has 0 bridgehead atoms. The molecule has 18 heavy (non-hydrogen) atoms. The highest BCUT2D eigenvalue weighted by molar-refractivity contribution is 5.54. The highest BCUT2D eigenvalue weighted by Crippen LogP contribution is 2.39. The summed E-state index contributed by atoms with van der Waals surface area (Å²) in [4.78, 5) is 0. The number of benzene rings is 1. The van der Waals surface area contributed by atoms with Crippen LogP contribution in [-0.4, -0.2) is 34.4 Å². The SMILES string of the molecule is CCNC(CN)c1cc(OC)c(OC)c(OC)c1. The van der Waals surface area contributed by atoms with E-state index in [2.05, 4.69) is 5.32 Å². The third kappa shape index (κ3) is 3.05. The van der Waals surface area contributed by atoms with Gasteiger partial charge in [0.25, 0.3) is 0 Å². The normalized spacial score (nSPS) is 12.1. The highest BCUT2D eigenvalue weighted by Gasteiger charge is 2.17. The second-order valence-corrected chi connectivity index (χ2v) is 3.80. The summed E-state index contributed by atoms with van der Waals surface area (Å²) in [5.41, 5.74) is 6.79. The molecule has 1 atom stereocenters. The Hall–Kier alpha value is -1.46. The minimum atomic E-state index is 0.0729. The summed E-state index contributed by atoms with van der Waals surface area (Å²) in [5.74, 6) is 1.88. The molecule has 102 valence electrons. The number of rotatable bonds is 7. The van der Waals surface area contributed by atoms with Crippen LogP contribution >= 0.6 is 0 Å². The Morgan fingerprint density at radius 3 is 2.00 bits per heavy atom. The van der Waals surface area contributed by atoms with Gasteiger partial charge in [0.2, 0.25) is 5.75 Å². The van der Waals surface area contributed by atoms with Gasteiger partial charge in [0.15, 0.2) is 11.5 Å². The maximum atomic E-state index is 5.77. The fourth-order valence-corrected chi connectivity index (χ4v) is 1.89. The fraction of sp³-hybridized carbons (Fsp3) is 0.538. The lowest BCUT2D eigenvalue weighted by Gasteiger charge is -2.20. The molecule has 0 aliphatic rings. The Bertz CT molecular complexity index is 357. The van der Waals surface area contributed by atoms with E-state index in [9.17, 15) is 0 Å². The number of nitrogens with two attached hydrogens (primary N) is 1. The zero-order valence-corrected chi connectivity index (χ0v) is 11.4. The van der Waals surface area contributed by atoms with E-state index in [-0.39, 0.29) is 6.04 Å². The van der Waals surface area contributed by atoms with Gasteiger partial charge in [-0.25, -0.2) is 0 Å². The van der Waals surface area contributed by atoms with Gasteiger partial charge in [0.05, 0.1) is 21.3 Å². The first-order valence-corrected chi connectivity index (χ1v) is 5.95. The van der Waals surface area contributed by atoms with Crippen molar-refractivity contribution in [2.75, 3.05) is 34.4 Å². The van der Waals surface area contributed by atoms with Crippen molar-refractivity contribution in [1.82, 2.24) is 5.32 Å². The van der Waals surface area contributed by atoms with Crippen LogP contribution in [-0.2, 0) is 0 Å². The summed E-state index contributed by atoms with van der Waals surface area (Å²) in [6, 6.07) is 3.91. The predicted octanol–water partition coefficient (Wildman–Crippen LogP) is 1.32. The van der Waals surface area contributed by atoms with Crippen LogP contribution in [0.3, 0.4) is 0 Å². The van der Waals surface area contributed by atoms with Crippen molar-refractivity contribution in [2.45, 2.75) is 13.0 Å². The third-order valence-corrected chi connectivity index (χ3v) is 2.78. The van der Waals surface area contributed by atoms with Crippen LogP contribution in [0.2, 0.25) is 0 Å². The van der Waals surface area contributed by atoms with Crippen molar-refractivity contribution in [1.29, 1.82) is 0 Å². The van der Waals surface area contributed by atoms with Crippen molar-refractivity contribution >= 4 is 0 Å². The van der Waals surface area contributed by atoms with Crippen LogP contribution in [0.15, 0.2) is 12.1 Å². The van der Waals surface area contributed by atoms with Crippen molar-refractivity contribution in [2.24, 2.45) is 5.73 Å². The zero-order valence-electron chi connectivity index (χ0n) is 11.4. The molecule has 0 amide bonds. The molecule has 1 aromatic rings. The summed E-state index contributed by atoms with van der Waals surface area (Å²) in [7, 11) is 4.79. The molecule has 1 unspecified atom stereocenters. The minimum absolute atomic E-state index is 0.0729. The average molecular weight is 254 g/mol. The lowest BCUT2D eigenvalue weighted by molar-refractivity contribution is 0.323. The van der Waals surface area contributed by atoms with Gasteiger partial charge in [-0.2, -0.15) is 0 Å². The van der Waals surface area contributed by atoms with Crippen molar-refractivity contribution in [3.63, 3.8) is 0 Å². The molecular formula is C13H22N2O3. The second kappa shape index (κ2) is 7.08. The maximum absolute atomic E-state index is 5.77. The Morgan fingerprint density at radius 1 is 1.11 bits per heavy atom. The monoisotopic (exact) mass is 254 g/mol. The molecule has 0 radical (unpaired) electrons. The summed E-state index contributed by atoms with van der Waals surface area (Å²) in [5, 5.41) is 3.31. The van der Waals surface area contributed by atoms with Gasteiger partial charge >= 0.3 is 0 Å². The van der Waals surface area contributed by atoms with Gasteiger partial charge in [0, 0.05) is 12.6 Å². The van der Waals surface area contributed by atoms with E-state index in [0.29, 0.717) is 23.8 Å². The smallest absolute Gasteiger partial charge is 0.203 e. The van der Waals surface area contributed by atoms with E-state index in [4.69, 9.17) is 19.9 Å². The Balaban J connectivity index is 3.21. The number of nitrogens with one attached hydrogen (secondary N) is 1. The van der Waals surface area contributed by atoms with Gasteiger partial charge in [-0.15, -0.1) is 0 Å². The summed E-state index contributed by atoms with van der Waals surface area (Å²) < 4.78 is 15.9. The lowest BCUT2D eigenvalue weighted by atomic mass is 10.1. The molecule has 1 aromatic carbocycles. The second-order valence-electron chi connectivity index (χ2n) is 3.80. The molecule has 0 heterocycles. The van der Waals surface area contributed by atoms with Gasteiger partial charge in [-0.3, -0.25) is 0 Å². The van der Waals surface area contributed by atoms with Crippen LogP contribution in [0.1, 0.15) is 18.5 Å². The zero-order chi connectivity index (χ0) is 13.5. The first kappa shape index (κ1) is 14.6. The van der Waals surface area contributed by atoms with E-state index in [1.165, 1.54) is 0 Å². The molecule has 0 saturated carbocycles. The van der Waals surface area contributed by atoms with Crippen LogP contribution < -0.4 is 25.3 Å². The van der Waals surface area contributed by atoms with Gasteiger partial charge < -0.3 is 25.3 Å². The van der Waals surface area contributed by atoms with Crippen LogP contribution in [0.5, 0.6) is 17.2 Å². The first-order valence-electron chi connectivity index (χ1n) is 5.95. The fourth-order valence-electron chi connectivity index (χ4n) is 1.89. The highest BCUT2D eigenvalue weighted by atomic mass is 16.5. The molecule has 3 N–H and O–H groups in total. The number of ether oxygens (including phenoxy) is 3. The van der Waals surface area contributed by atoms with Crippen molar-refractivity contribution in [3.05, 3.63) is 17.7 Å².